The first-order chi connectivity index (χ1) is 7.10. The van der Waals surface area contributed by atoms with Gasteiger partial charge in [0.25, 0.3) is 0 Å². The quantitative estimate of drug-likeness (QED) is 0.704. The summed E-state index contributed by atoms with van der Waals surface area (Å²) in [7, 11) is 0. The molecule has 2 nitrogen and oxygen atoms in total. The molecular weight excluding hydrogens is 186 g/mol. The van der Waals surface area contributed by atoms with Gasteiger partial charge in [0.1, 0.15) is 6.29 Å². The molecule has 0 aliphatic rings. The van der Waals surface area contributed by atoms with E-state index in [1.807, 2.05) is 25.1 Å². The van der Waals surface area contributed by atoms with Crippen LogP contribution in [0.25, 0.3) is 0 Å². The molecule has 1 rings (SSSR count). The number of aldehydes is 1. The molecule has 0 aliphatic heterocycles. The lowest BCUT2D eigenvalue weighted by Gasteiger charge is -2.29. The smallest absolute Gasteiger partial charge is 0.150 e. The molecule has 0 radical (unpaired) electrons. The monoisotopic (exact) mass is 205 g/mol. The molecule has 0 spiro atoms. The van der Waals surface area contributed by atoms with Crippen LogP contribution in [-0.2, 0) is 0 Å². The number of hydrogen-bond donors (Lipinski definition) is 0. The van der Waals surface area contributed by atoms with E-state index in [1.54, 1.807) is 0 Å². The van der Waals surface area contributed by atoms with Crippen LogP contribution >= 0.6 is 0 Å². The molecule has 0 bridgehead atoms. The van der Waals surface area contributed by atoms with Crippen molar-refractivity contribution in [1.29, 1.82) is 0 Å². The molecule has 82 valence electrons. The Bertz CT molecular complexity index is 344. The predicted molar refractivity (Wildman–Crippen MR) is 64.7 cm³/mol. The fourth-order valence-electron chi connectivity index (χ4n) is 1.89. The van der Waals surface area contributed by atoms with Crippen molar-refractivity contribution in [3.05, 3.63) is 29.3 Å². The zero-order chi connectivity index (χ0) is 11.4. The number of benzene rings is 1. The standard InChI is InChI=1S/C13H19NO/c1-5-14(10(2)3)13-7-6-12(9-15)8-11(13)4/h6-10H,5H2,1-4H3. The third-order valence-electron chi connectivity index (χ3n) is 2.63. The van der Waals surface area contributed by atoms with Crippen LogP contribution in [0.15, 0.2) is 18.2 Å². The Morgan fingerprint density at radius 2 is 2.07 bits per heavy atom. The molecule has 0 N–H and O–H groups in total. The molecule has 0 aliphatic carbocycles. The highest BCUT2D eigenvalue weighted by Gasteiger charge is 2.10. The summed E-state index contributed by atoms with van der Waals surface area (Å²) in [6.45, 7) is 9.53. The fraction of sp³-hybridized carbons (Fsp3) is 0.462. The zero-order valence-electron chi connectivity index (χ0n) is 9.95. The van der Waals surface area contributed by atoms with Crippen LogP contribution in [0.3, 0.4) is 0 Å². The highest BCUT2D eigenvalue weighted by Crippen LogP contribution is 2.22. The van der Waals surface area contributed by atoms with E-state index in [9.17, 15) is 4.79 Å². The maximum Gasteiger partial charge on any atom is 0.150 e. The van der Waals surface area contributed by atoms with Crippen molar-refractivity contribution in [3.8, 4) is 0 Å². The SMILES string of the molecule is CCN(c1ccc(C=O)cc1C)C(C)C. The summed E-state index contributed by atoms with van der Waals surface area (Å²) >= 11 is 0. The molecular formula is C13H19NO. The van der Waals surface area contributed by atoms with Crippen LogP contribution in [0.2, 0.25) is 0 Å². The summed E-state index contributed by atoms with van der Waals surface area (Å²) in [6.07, 6.45) is 0.891. The van der Waals surface area contributed by atoms with E-state index >= 15 is 0 Å². The van der Waals surface area contributed by atoms with Crippen LogP contribution in [0.4, 0.5) is 5.69 Å². The lowest BCUT2D eigenvalue weighted by atomic mass is 10.1. The van der Waals surface area contributed by atoms with E-state index in [1.165, 1.54) is 5.69 Å². The van der Waals surface area contributed by atoms with E-state index in [4.69, 9.17) is 0 Å². The number of hydrogen-bond acceptors (Lipinski definition) is 2. The van der Waals surface area contributed by atoms with Crippen molar-refractivity contribution in [2.45, 2.75) is 33.7 Å². The molecule has 1 aromatic carbocycles. The van der Waals surface area contributed by atoms with Gasteiger partial charge in [-0.05, 0) is 51.5 Å². The van der Waals surface area contributed by atoms with Gasteiger partial charge in [-0.25, -0.2) is 0 Å². The Balaban J connectivity index is 3.08. The summed E-state index contributed by atoms with van der Waals surface area (Å²) in [5, 5.41) is 0. The van der Waals surface area contributed by atoms with E-state index in [2.05, 4.69) is 25.7 Å². The van der Waals surface area contributed by atoms with Gasteiger partial charge in [0.15, 0.2) is 0 Å². The first-order valence-electron chi connectivity index (χ1n) is 5.42. The lowest BCUT2D eigenvalue weighted by Crippen LogP contribution is -2.30. The van der Waals surface area contributed by atoms with Gasteiger partial charge < -0.3 is 4.90 Å². The lowest BCUT2D eigenvalue weighted by molar-refractivity contribution is 0.112. The van der Waals surface area contributed by atoms with Gasteiger partial charge in [0.05, 0.1) is 0 Å². The molecule has 0 amide bonds. The average Bonchev–Trinajstić information content (AvgIpc) is 2.20. The van der Waals surface area contributed by atoms with Crippen molar-refractivity contribution < 1.29 is 4.79 Å². The largest absolute Gasteiger partial charge is 0.369 e. The molecule has 2 heteroatoms. The zero-order valence-corrected chi connectivity index (χ0v) is 9.95. The van der Waals surface area contributed by atoms with Gasteiger partial charge in [-0.3, -0.25) is 4.79 Å². The summed E-state index contributed by atoms with van der Waals surface area (Å²) in [4.78, 5) is 13.0. The molecule has 0 saturated heterocycles. The van der Waals surface area contributed by atoms with Crippen LogP contribution in [0.1, 0.15) is 36.7 Å². The normalized spacial score (nSPS) is 10.5. The van der Waals surface area contributed by atoms with Gasteiger partial charge in [-0.15, -0.1) is 0 Å². The molecule has 0 atom stereocenters. The van der Waals surface area contributed by atoms with Crippen LogP contribution in [-0.4, -0.2) is 18.9 Å². The molecule has 0 aromatic heterocycles. The van der Waals surface area contributed by atoms with E-state index in [0.29, 0.717) is 6.04 Å². The van der Waals surface area contributed by atoms with Gasteiger partial charge in [-0.2, -0.15) is 0 Å². The van der Waals surface area contributed by atoms with E-state index in [0.717, 1.165) is 24.0 Å². The molecule has 0 saturated carbocycles. The molecule has 0 unspecified atom stereocenters. The van der Waals surface area contributed by atoms with Gasteiger partial charge in [-0.1, -0.05) is 0 Å². The maximum atomic E-state index is 10.6. The van der Waals surface area contributed by atoms with Gasteiger partial charge >= 0.3 is 0 Å². The topological polar surface area (TPSA) is 20.3 Å². The molecule has 1 aromatic rings. The molecule has 0 heterocycles. The second-order valence-electron chi connectivity index (χ2n) is 4.04. The first-order valence-corrected chi connectivity index (χ1v) is 5.42. The van der Waals surface area contributed by atoms with Gasteiger partial charge in [0, 0.05) is 23.8 Å². The van der Waals surface area contributed by atoms with Crippen LogP contribution in [0.5, 0.6) is 0 Å². The Labute approximate surface area is 91.9 Å². The summed E-state index contributed by atoms with van der Waals surface area (Å²) in [5.41, 5.74) is 3.13. The third-order valence-corrected chi connectivity index (χ3v) is 2.63. The van der Waals surface area contributed by atoms with Gasteiger partial charge in [0.2, 0.25) is 0 Å². The Kier molecular flexibility index (Phi) is 3.89. The van der Waals surface area contributed by atoms with E-state index in [-0.39, 0.29) is 0 Å². The molecule has 0 fully saturated rings. The first kappa shape index (κ1) is 11.8. The average molecular weight is 205 g/mol. The number of rotatable bonds is 4. The minimum absolute atomic E-state index is 0.482. The Morgan fingerprint density at radius 1 is 1.40 bits per heavy atom. The van der Waals surface area contributed by atoms with Crippen LogP contribution < -0.4 is 4.90 Å². The number of nitrogens with zero attached hydrogens (tertiary/aromatic N) is 1. The Morgan fingerprint density at radius 3 is 2.47 bits per heavy atom. The van der Waals surface area contributed by atoms with Crippen LogP contribution in [0, 0.1) is 6.92 Å². The van der Waals surface area contributed by atoms with E-state index < -0.39 is 0 Å². The summed E-state index contributed by atoms with van der Waals surface area (Å²) in [5.74, 6) is 0. The fourth-order valence-corrected chi connectivity index (χ4v) is 1.89. The number of anilines is 1. The third kappa shape index (κ3) is 2.58. The minimum atomic E-state index is 0.482. The number of carbonyl (C=O) groups is 1. The second-order valence-corrected chi connectivity index (χ2v) is 4.04. The highest BCUT2D eigenvalue weighted by atomic mass is 16.1. The van der Waals surface area contributed by atoms with Crippen molar-refractivity contribution >= 4 is 12.0 Å². The van der Waals surface area contributed by atoms with Crippen molar-refractivity contribution in [3.63, 3.8) is 0 Å². The highest BCUT2D eigenvalue weighted by molar-refractivity contribution is 5.77. The summed E-state index contributed by atoms with van der Waals surface area (Å²) in [6, 6.07) is 6.33. The number of aryl methyl sites for hydroxylation is 1. The number of carbonyl (C=O) groups excluding carboxylic acids is 1. The maximum absolute atomic E-state index is 10.6. The Hall–Kier alpha value is -1.31. The minimum Gasteiger partial charge on any atom is -0.369 e. The summed E-state index contributed by atoms with van der Waals surface area (Å²) < 4.78 is 0. The van der Waals surface area contributed by atoms with Crippen molar-refractivity contribution in [2.24, 2.45) is 0 Å². The second kappa shape index (κ2) is 4.96. The molecule has 15 heavy (non-hydrogen) atoms. The predicted octanol–water partition coefficient (Wildman–Crippen LogP) is 3.04. The van der Waals surface area contributed by atoms with Crippen molar-refractivity contribution in [2.75, 3.05) is 11.4 Å². The van der Waals surface area contributed by atoms with Crippen molar-refractivity contribution in [1.82, 2.24) is 0 Å².